The molecule has 0 spiro atoms. The standard InChI is InChI=1S/C19H17NO2/c1-11-18-10-13(4-6-17(18)19(21)22-11)14-7-12-3-5-16(20-2)9-15(12)8-14/h3-6,9-11,14H,2,7-8H2,1H3. The Kier molecular flexibility index (Phi) is 2.89. The molecule has 2 atom stereocenters. The van der Waals surface area contributed by atoms with Crippen molar-refractivity contribution < 1.29 is 9.53 Å². The van der Waals surface area contributed by atoms with Crippen molar-refractivity contribution in [2.24, 2.45) is 4.99 Å². The number of carbonyl (C=O) groups is 1. The van der Waals surface area contributed by atoms with Gasteiger partial charge in [0.05, 0.1) is 11.3 Å². The van der Waals surface area contributed by atoms with Gasteiger partial charge < -0.3 is 4.74 Å². The number of aliphatic imine (C=N–C) groups is 1. The third-order valence-corrected chi connectivity index (χ3v) is 4.79. The largest absolute Gasteiger partial charge is 0.454 e. The van der Waals surface area contributed by atoms with E-state index in [4.69, 9.17) is 4.74 Å². The van der Waals surface area contributed by atoms with Crippen LogP contribution in [0, 0.1) is 0 Å². The molecule has 0 fully saturated rings. The lowest BCUT2D eigenvalue weighted by Gasteiger charge is -2.11. The van der Waals surface area contributed by atoms with Crippen LogP contribution < -0.4 is 0 Å². The molecule has 0 N–H and O–H groups in total. The van der Waals surface area contributed by atoms with E-state index < -0.39 is 0 Å². The Balaban J connectivity index is 1.66. The van der Waals surface area contributed by atoms with Crippen LogP contribution in [-0.2, 0) is 17.6 Å². The molecule has 0 radical (unpaired) electrons. The predicted octanol–water partition coefficient (Wildman–Crippen LogP) is 4.13. The van der Waals surface area contributed by atoms with E-state index in [0.717, 1.165) is 24.1 Å². The van der Waals surface area contributed by atoms with Crippen LogP contribution in [0.1, 0.15) is 51.6 Å². The number of hydrogen-bond donors (Lipinski definition) is 0. The number of ether oxygens (including phenoxy) is 1. The van der Waals surface area contributed by atoms with Crippen LogP contribution in [0.15, 0.2) is 41.4 Å². The first kappa shape index (κ1) is 13.3. The van der Waals surface area contributed by atoms with Crippen LogP contribution in [0.3, 0.4) is 0 Å². The first-order valence-corrected chi connectivity index (χ1v) is 7.59. The molecule has 0 saturated heterocycles. The maximum atomic E-state index is 11.7. The highest BCUT2D eigenvalue weighted by atomic mass is 16.5. The van der Waals surface area contributed by atoms with Crippen molar-refractivity contribution in [2.45, 2.75) is 31.8 Å². The summed E-state index contributed by atoms with van der Waals surface area (Å²) in [5.74, 6) is 0.258. The topological polar surface area (TPSA) is 38.7 Å². The summed E-state index contributed by atoms with van der Waals surface area (Å²) in [5.41, 5.74) is 6.69. The molecule has 2 aromatic rings. The van der Waals surface area contributed by atoms with Gasteiger partial charge in [-0.15, -0.1) is 0 Å². The van der Waals surface area contributed by atoms with Crippen LogP contribution in [0.5, 0.6) is 0 Å². The van der Waals surface area contributed by atoms with Gasteiger partial charge in [0, 0.05) is 5.56 Å². The van der Waals surface area contributed by atoms with Gasteiger partial charge in [-0.3, -0.25) is 4.99 Å². The van der Waals surface area contributed by atoms with Crippen LogP contribution in [0.4, 0.5) is 5.69 Å². The molecule has 2 aromatic carbocycles. The average molecular weight is 291 g/mol. The number of nitrogens with zero attached hydrogens (tertiary/aromatic N) is 1. The zero-order chi connectivity index (χ0) is 15.3. The molecule has 1 heterocycles. The summed E-state index contributed by atoms with van der Waals surface area (Å²) in [4.78, 5) is 15.7. The third-order valence-electron chi connectivity index (χ3n) is 4.79. The molecule has 0 aromatic heterocycles. The fourth-order valence-electron chi connectivity index (χ4n) is 3.58. The molecule has 2 aliphatic rings. The van der Waals surface area contributed by atoms with Crippen LogP contribution >= 0.6 is 0 Å². The average Bonchev–Trinajstić information content (AvgIpc) is 3.08. The van der Waals surface area contributed by atoms with Gasteiger partial charge in [0.25, 0.3) is 0 Å². The fourth-order valence-corrected chi connectivity index (χ4v) is 3.58. The zero-order valence-electron chi connectivity index (χ0n) is 12.5. The van der Waals surface area contributed by atoms with E-state index in [-0.39, 0.29) is 12.1 Å². The molecule has 2 unspecified atom stereocenters. The first-order valence-electron chi connectivity index (χ1n) is 7.59. The highest BCUT2D eigenvalue weighted by Crippen LogP contribution is 2.38. The third kappa shape index (κ3) is 1.97. The number of carbonyl (C=O) groups excluding carboxylic acids is 1. The molecule has 0 amide bonds. The minimum Gasteiger partial charge on any atom is -0.454 e. The maximum Gasteiger partial charge on any atom is 0.339 e. The quantitative estimate of drug-likeness (QED) is 0.616. The van der Waals surface area contributed by atoms with Crippen molar-refractivity contribution in [1.82, 2.24) is 0 Å². The van der Waals surface area contributed by atoms with Crippen molar-refractivity contribution in [1.29, 1.82) is 0 Å². The Labute approximate surface area is 129 Å². The number of cyclic esters (lactones) is 1. The molecular weight excluding hydrogens is 274 g/mol. The van der Waals surface area contributed by atoms with Gasteiger partial charge in [-0.05, 0) is 67.3 Å². The molecule has 1 aliphatic carbocycles. The van der Waals surface area contributed by atoms with Crippen LogP contribution in [0.2, 0.25) is 0 Å². The highest BCUT2D eigenvalue weighted by molar-refractivity contribution is 5.94. The molecule has 4 rings (SSSR count). The Morgan fingerprint density at radius 1 is 1.14 bits per heavy atom. The summed E-state index contributed by atoms with van der Waals surface area (Å²) in [7, 11) is 0. The second kappa shape index (κ2) is 4.80. The summed E-state index contributed by atoms with van der Waals surface area (Å²) < 4.78 is 5.28. The Hall–Kier alpha value is -2.42. The summed E-state index contributed by atoms with van der Waals surface area (Å²) in [6.45, 7) is 5.52. The summed E-state index contributed by atoms with van der Waals surface area (Å²) >= 11 is 0. The lowest BCUT2D eigenvalue weighted by Crippen LogP contribution is -2.00. The molecular formula is C19H17NO2. The maximum absolute atomic E-state index is 11.7. The molecule has 110 valence electrons. The Morgan fingerprint density at radius 2 is 1.95 bits per heavy atom. The molecule has 0 bridgehead atoms. The lowest BCUT2D eigenvalue weighted by molar-refractivity contribution is 0.0422. The monoisotopic (exact) mass is 291 g/mol. The fraction of sp³-hybridized carbons (Fsp3) is 0.263. The Morgan fingerprint density at radius 3 is 2.77 bits per heavy atom. The lowest BCUT2D eigenvalue weighted by atomic mass is 9.92. The van der Waals surface area contributed by atoms with E-state index in [9.17, 15) is 4.79 Å². The van der Waals surface area contributed by atoms with Crippen LogP contribution in [-0.4, -0.2) is 12.7 Å². The summed E-state index contributed by atoms with van der Waals surface area (Å²) in [6, 6.07) is 12.4. The van der Waals surface area contributed by atoms with Gasteiger partial charge in [0.2, 0.25) is 0 Å². The van der Waals surface area contributed by atoms with Gasteiger partial charge in [0.15, 0.2) is 0 Å². The number of rotatable bonds is 2. The van der Waals surface area contributed by atoms with Gasteiger partial charge in [0.1, 0.15) is 6.10 Å². The first-order chi connectivity index (χ1) is 10.7. The Bertz CT molecular complexity index is 794. The number of esters is 1. The van der Waals surface area contributed by atoms with E-state index in [1.807, 2.05) is 19.1 Å². The second-order valence-electron chi connectivity index (χ2n) is 6.11. The van der Waals surface area contributed by atoms with Crippen molar-refractivity contribution in [3.8, 4) is 0 Å². The van der Waals surface area contributed by atoms with Crippen molar-refractivity contribution in [3.63, 3.8) is 0 Å². The SMILES string of the molecule is C=Nc1ccc2c(c1)CC(c1ccc3c(c1)C(C)OC3=O)C2. The second-order valence-corrected chi connectivity index (χ2v) is 6.11. The normalized spacial score (nSPS) is 22.1. The van der Waals surface area contributed by atoms with Gasteiger partial charge in [-0.1, -0.05) is 18.2 Å². The molecule has 22 heavy (non-hydrogen) atoms. The molecule has 1 aliphatic heterocycles. The minimum atomic E-state index is -0.203. The van der Waals surface area contributed by atoms with Crippen LogP contribution in [0.25, 0.3) is 0 Å². The van der Waals surface area contributed by atoms with Crippen molar-refractivity contribution >= 4 is 18.4 Å². The zero-order valence-corrected chi connectivity index (χ0v) is 12.5. The summed E-state index contributed by atoms with van der Waals surface area (Å²) in [6.07, 6.45) is 1.91. The summed E-state index contributed by atoms with van der Waals surface area (Å²) in [5, 5.41) is 0. The van der Waals surface area contributed by atoms with E-state index >= 15 is 0 Å². The van der Waals surface area contributed by atoms with E-state index in [0.29, 0.717) is 11.5 Å². The molecule has 0 saturated carbocycles. The van der Waals surface area contributed by atoms with E-state index in [2.05, 4.69) is 36.0 Å². The van der Waals surface area contributed by atoms with Gasteiger partial charge >= 0.3 is 5.97 Å². The van der Waals surface area contributed by atoms with Gasteiger partial charge in [-0.2, -0.15) is 0 Å². The van der Waals surface area contributed by atoms with E-state index in [1.165, 1.54) is 16.7 Å². The molecule has 3 nitrogen and oxygen atoms in total. The van der Waals surface area contributed by atoms with Crippen molar-refractivity contribution in [3.05, 3.63) is 64.2 Å². The minimum absolute atomic E-state index is 0.136. The number of hydrogen-bond acceptors (Lipinski definition) is 3. The number of benzene rings is 2. The predicted molar refractivity (Wildman–Crippen MR) is 86.1 cm³/mol. The van der Waals surface area contributed by atoms with Gasteiger partial charge in [-0.25, -0.2) is 4.79 Å². The molecule has 3 heteroatoms. The van der Waals surface area contributed by atoms with Crippen molar-refractivity contribution in [2.75, 3.05) is 0 Å². The highest BCUT2D eigenvalue weighted by Gasteiger charge is 2.30. The smallest absolute Gasteiger partial charge is 0.339 e. The number of fused-ring (bicyclic) bond motifs is 2. The van der Waals surface area contributed by atoms with E-state index in [1.54, 1.807) is 0 Å².